The number of rotatable bonds is 4. The summed E-state index contributed by atoms with van der Waals surface area (Å²) in [6.45, 7) is 7.28. The first kappa shape index (κ1) is 16.2. The Morgan fingerprint density at radius 2 is 2.14 bits per heavy atom. The summed E-state index contributed by atoms with van der Waals surface area (Å²) in [4.78, 5) is 26.5. The van der Waals surface area contributed by atoms with Crippen LogP contribution in [0.5, 0.6) is 0 Å². The Kier molecular flexibility index (Phi) is 5.96. The maximum atomic E-state index is 12.6. The molecule has 0 radical (unpaired) electrons. The zero-order valence-electron chi connectivity index (χ0n) is 12.9. The van der Waals surface area contributed by atoms with Crippen LogP contribution in [-0.4, -0.2) is 74.2 Å². The van der Waals surface area contributed by atoms with Crippen molar-refractivity contribution in [2.75, 3.05) is 39.4 Å². The van der Waals surface area contributed by atoms with Gasteiger partial charge in [-0.3, -0.25) is 9.59 Å². The molecule has 0 aromatic carbocycles. The molecule has 2 aliphatic rings. The van der Waals surface area contributed by atoms with Crippen LogP contribution in [0, 0.1) is 0 Å². The van der Waals surface area contributed by atoms with E-state index in [-0.39, 0.29) is 24.5 Å². The molecular weight excluding hydrogens is 272 g/mol. The number of nitrogens with one attached hydrogen (secondary N) is 3. The van der Waals surface area contributed by atoms with Crippen molar-refractivity contribution in [3.63, 3.8) is 0 Å². The molecule has 120 valence electrons. The van der Waals surface area contributed by atoms with E-state index in [1.54, 1.807) is 4.90 Å². The van der Waals surface area contributed by atoms with E-state index in [0.29, 0.717) is 32.3 Å². The maximum absolute atomic E-state index is 12.6. The Labute approximate surface area is 125 Å². The third-order valence-corrected chi connectivity index (χ3v) is 3.90. The molecule has 3 atom stereocenters. The third-order valence-electron chi connectivity index (χ3n) is 3.90. The van der Waals surface area contributed by atoms with Crippen LogP contribution in [-0.2, 0) is 14.3 Å². The lowest BCUT2D eigenvalue weighted by Gasteiger charge is -2.38. The highest BCUT2D eigenvalue weighted by Gasteiger charge is 2.36. The molecule has 3 unspecified atom stereocenters. The highest BCUT2D eigenvalue weighted by atomic mass is 16.5. The molecular formula is C14H26N4O3. The molecule has 0 bridgehead atoms. The summed E-state index contributed by atoms with van der Waals surface area (Å²) in [6.07, 6.45) is 0.874. The van der Waals surface area contributed by atoms with Crippen molar-refractivity contribution in [1.29, 1.82) is 0 Å². The number of hydrogen-bond donors (Lipinski definition) is 3. The highest BCUT2D eigenvalue weighted by molar-refractivity contribution is 5.90. The molecule has 0 aromatic rings. The Morgan fingerprint density at radius 1 is 1.33 bits per heavy atom. The van der Waals surface area contributed by atoms with E-state index in [9.17, 15) is 9.59 Å². The van der Waals surface area contributed by atoms with Gasteiger partial charge in [0.15, 0.2) is 0 Å². The van der Waals surface area contributed by atoms with E-state index in [4.69, 9.17) is 4.74 Å². The molecule has 2 fully saturated rings. The van der Waals surface area contributed by atoms with Crippen LogP contribution in [0.1, 0.15) is 20.3 Å². The van der Waals surface area contributed by atoms with Crippen molar-refractivity contribution in [3.8, 4) is 0 Å². The summed E-state index contributed by atoms with van der Waals surface area (Å²) in [5.74, 6) is -0.142. The van der Waals surface area contributed by atoms with Gasteiger partial charge in [-0.2, -0.15) is 0 Å². The van der Waals surface area contributed by atoms with E-state index in [1.807, 2.05) is 6.92 Å². The van der Waals surface area contributed by atoms with Gasteiger partial charge < -0.3 is 25.6 Å². The first-order chi connectivity index (χ1) is 10.1. The van der Waals surface area contributed by atoms with E-state index >= 15 is 0 Å². The molecule has 0 aliphatic carbocycles. The van der Waals surface area contributed by atoms with Gasteiger partial charge in [-0.15, -0.1) is 0 Å². The van der Waals surface area contributed by atoms with E-state index in [2.05, 4.69) is 22.9 Å². The molecule has 2 amide bonds. The smallest absolute Gasteiger partial charge is 0.245 e. The van der Waals surface area contributed by atoms with E-state index < -0.39 is 6.04 Å². The highest BCUT2D eigenvalue weighted by Crippen LogP contribution is 2.10. The van der Waals surface area contributed by atoms with Gasteiger partial charge in [0.05, 0.1) is 19.3 Å². The Bertz CT molecular complexity index is 369. The topological polar surface area (TPSA) is 82.7 Å². The minimum Gasteiger partial charge on any atom is -0.377 e. The Hall–Kier alpha value is -1.18. The number of hydrogen-bond acceptors (Lipinski definition) is 5. The zero-order chi connectivity index (χ0) is 15.2. The second-order valence-corrected chi connectivity index (χ2v) is 5.68. The standard InChI is InChI=1S/C14H26N4O3/c1-3-4-15-13(19)12-9-21-6-5-18(12)14(20)11-8-16-10(2)7-17-11/h10-12,16-17H,3-9H2,1-2H3,(H,15,19). The van der Waals surface area contributed by atoms with Gasteiger partial charge in [-0.25, -0.2) is 0 Å². The minimum absolute atomic E-state index is 0.0191. The van der Waals surface area contributed by atoms with Gasteiger partial charge in [-0.1, -0.05) is 6.92 Å². The van der Waals surface area contributed by atoms with Gasteiger partial charge in [-0.05, 0) is 13.3 Å². The molecule has 0 spiro atoms. The number of carbonyl (C=O) groups is 2. The maximum Gasteiger partial charge on any atom is 0.245 e. The molecule has 0 saturated carbocycles. The molecule has 7 heteroatoms. The number of nitrogens with zero attached hydrogens (tertiary/aromatic N) is 1. The SMILES string of the molecule is CCCNC(=O)C1COCCN1C(=O)C1CNC(C)CN1. The normalized spacial score (nSPS) is 30.0. The van der Waals surface area contributed by atoms with Crippen LogP contribution in [0.3, 0.4) is 0 Å². The largest absolute Gasteiger partial charge is 0.377 e. The predicted molar refractivity (Wildman–Crippen MR) is 78.9 cm³/mol. The average Bonchev–Trinajstić information content (AvgIpc) is 2.52. The second kappa shape index (κ2) is 7.72. The van der Waals surface area contributed by atoms with Crippen molar-refractivity contribution in [2.45, 2.75) is 38.4 Å². The third kappa shape index (κ3) is 4.15. The van der Waals surface area contributed by atoms with Crippen molar-refractivity contribution >= 4 is 11.8 Å². The summed E-state index contributed by atoms with van der Waals surface area (Å²) in [5.41, 5.74) is 0. The number of carbonyl (C=O) groups excluding carboxylic acids is 2. The van der Waals surface area contributed by atoms with Crippen molar-refractivity contribution in [1.82, 2.24) is 20.9 Å². The lowest BCUT2D eigenvalue weighted by atomic mass is 10.1. The van der Waals surface area contributed by atoms with Crippen LogP contribution in [0.4, 0.5) is 0 Å². The summed E-state index contributed by atoms with van der Waals surface area (Å²) >= 11 is 0. The second-order valence-electron chi connectivity index (χ2n) is 5.68. The van der Waals surface area contributed by atoms with Gasteiger partial charge in [0, 0.05) is 32.2 Å². The Morgan fingerprint density at radius 3 is 2.81 bits per heavy atom. The first-order valence-electron chi connectivity index (χ1n) is 7.76. The summed E-state index contributed by atoms with van der Waals surface area (Å²) < 4.78 is 5.38. The number of ether oxygens (including phenoxy) is 1. The minimum atomic E-state index is -0.515. The molecule has 21 heavy (non-hydrogen) atoms. The fraction of sp³-hybridized carbons (Fsp3) is 0.857. The van der Waals surface area contributed by atoms with Gasteiger partial charge >= 0.3 is 0 Å². The van der Waals surface area contributed by atoms with E-state index in [1.165, 1.54) is 0 Å². The van der Waals surface area contributed by atoms with Crippen molar-refractivity contribution in [2.24, 2.45) is 0 Å². The number of morpholine rings is 1. The van der Waals surface area contributed by atoms with Crippen LogP contribution in [0.25, 0.3) is 0 Å². The van der Waals surface area contributed by atoms with Gasteiger partial charge in [0.25, 0.3) is 0 Å². The van der Waals surface area contributed by atoms with Gasteiger partial charge in [0.1, 0.15) is 6.04 Å². The zero-order valence-corrected chi connectivity index (χ0v) is 12.9. The van der Waals surface area contributed by atoms with Crippen molar-refractivity contribution in [3.05, 3.63) is 0 Å². The molecule has 2 aliphatic heterocycles. The molecule has 3 N–H and O–H groups in total. The summed E-state index contributed by atoms with van der Waals surface area (Å²) in [7, 11) is 0. The molecule has 2 heterocycles. The molecule has 7 nitrogen and oxygen atoms in total. The van der Waals surface area contributed by atoms with E-state index in [0.717, 1.165) is 13.0 Å². The van der Waals surface area contributed by atoms with Crippen LogP contribution in [0.2, 0.25) is 0 Å². The first-order valence-corrected chi connectivity index (χ1v) is 7.76. The molecule has 0 aromatic heterocycles. The lowest BCUT2D eigenvalue weighted by Crippen LogP contribution is -2.64. The quantitative estimate of drug-likeness (QED) is 0.600. The number of amides is 2. The fourth-order valence-corrected chi connectivity index (χ4v) is 2.61. The van der Waals surface area contributed by atoms with Gasteiger partial charge in [0.2, 0.25) is 11.8 Å². The summed E-state index contributed by atoms with van der Waals surface area (Å²) in [5, 5.41) is 9.38. The number of piperazine rings is 1. The monoisotopic (exact) mass is 298 g/mol. The molecule has 2 saturated heterocycles. The van der Waals surface area contributed by atoms with Crippen LogP contribution in [0.15, 0.2) is 0 Å². The van der Waals surface area contributed by atoms with Crippen molar-refractivity contribution < 1.29 is 14.3 Å². The van der Waals surface area contributed by atoms with Crippen LogP contribution >= 0.6 is 0 Å². The predicted octanol–water partition coefficient (Wildman–Crippen LogP) is -1.31. The lowest BCUT2D eigenvalue weighted by molar-refractivity contribution is -0.150. The fourth-order valence-electron chi connectivity index (χ4n) is 2.61. The Balaban J connectivity index is 1.97. The van der Waals surface area contributed by atoms with Crippen LogP contribution < -0.4 is 16.0 Å². The average molecular weight is 298 g/mol. The summed E-state index contributed by atoms with van der Waals surface area (Å²) in [6, 6.07) is -0.415. The molecule has 2 rings (SSSR count).